The number of hydrogen-bond donors (Lipinski definition) is 1. The van der Waals surface area contributed by atoms with E-state index >= 15 is 0 Å². The number of carboxylic acid groups (broad SMARTS) is 1. The Bertz CT molecular complexity index is 790. The van der Waals surface area contributed by atoms with Crippen LogP contribution in [0.25, 0.3) is 5.53 Å². The summed E-state index contributed by atoms with van der Waals surface area (Å²) < 4.78 is 5.91. The number of nitro groups is 1. The van der Waals surface area contributed by atoms with Gasteiger partial charge in [0.05, 0.1) is 16.3 Å². The minimum Gasteiger partial charge on any atom is -0.545 e. The first-order chi connectivity index (χ1) is 12.0. The molecule has 0 atom stereocenters. The van der Waals surface area contributed by atoms with Gasteiger partial charge in [0.1, 0.15) is 0 Å². The van der Waals surface area contributed by atoms with Crippen LogP contribution in [0.2, 0.25) is 13.1 Å². The van der Waals surface area contributed by atoms with Crippen molar-refractivity contribution >= 4 is 26.4 Å². The van der Waals surface area contributed by atoms with Gasteiger partial charge in [0, 0.05) is 18.1 Å². The van der Waals surface area contributed by atoms with Crippen molar-refractivity contribution in [3.8, 4) is 0 Å². The number of carboxylic acids is 1. The number of para-hydroxylation sites is 1. The fourth-order valence-electron chi connectivity index (χ4n) is 2.54. The van der Waals surface area contributed by atoms with Crippen LogP contribution < -0.4 is 0 Å². The number of benzene rings is 1. The predicted molar refractivity (Wildman–Crippen MR) is 98.1 cm³/mol. The molecule has 9 heteroatoms. The van der Waals surface area contributed by atoms with Crippen molar-refractivity contribution in [2.75, 3.05) is 0 Å². The molecule has 26 heavy (non-hydrogen) atoms. The van der Waals surface area contributed by atoms with E-state index in [0.717, 1.165) is 0 Å². The molecule has 0 bridgehead atoms. The number of aliphatic carboxylic acids is 1. The highest BCUT2D eigenvalue weighted by Crippen LogP contribution is 2.33. The van der Waals surface area contributed by atoms with E-state index < -0.39 is 31.1 Å². The standard InChI is InChI=1S/C17H22N3O5Si/c1-17(2,3)14(15(19-18)16(21)22)13(25-26(4)5)10-11-8-6-7-9-12(11)20(23)24/h6-9H,10H2,1-5H3,(H,21,22)/b14-13+. The summed E-state index contributed by atoms with van der Waals surface area (Å²) in [5, 5.41) is 20.7. The van der Waals surface area contributed by atoms with Crippen LogP contribution >= 0.6 is 0 Å². The van der Waals surface area contributed by atoms with Crippen LogP contribution in [0.3, 0.4) is 0 Å². The first-order valence-corrected chi connectivity index (χ1v) is 10.3. The Morgan fingerprint density at radius 2 is 1.92 bits per heavy atom. The van der Waals surface area contributed by atoms with Crippen LogP contribution in [0.5, 0.6) is 0 Å². The molecule has 8 nitrogen and oxygen atoms in total. The second-order valence-electron chi connectivity index (χ2n) is 6.87. The molecule has 0 amide bonds. The number of rotatable bonds is 7. The van der Waals surface area contributed by atoms with Crippen molar-refractivity contribution in [1.82, 2.24) is 0 Å². The third-order valence-corrected chi connectivity index (χ3v) is 4.09. The van der Waals surface area contributed by atoms with E-state index in [1.807, 2.05) is 13.1 Å². The number of hydrogen-bond acceptors (Lipinski definition) is 4. The van der Waals surface area contributed by atoms with Gasteiger partial charge in [0.25, 0.3) is 14.7 Å². The van der Waals surface area contributed by atoms with Gasteiger partial charge in [-0.05, 0) is 18.5 Å². The lowest BCUT2D eigenvalue weighted by Crippen LogP contribution is -2.29. The summed E-state index contributed by atoms with van der Waals surface area (Å²) >= 11 is 0. The summed E-state index contributed by atoms with van der Waals surface area (Å²) in [6, 6.07) is 6.20. The topological polar surface area (TPSA) is 126 Å². The van der Waals surface area contributed by atoms with Crippen molar-refractivity contribution in [3.63, 3.8) is 0 Å². The number of nitrogens with zero attached hydrogens (tertiary/aromatic N) is 3. The minimum absolute atomic E-state index is 0.0197. The van der Waals surface area contributed by atoms with Crippen molar-refractivity contribution in [3.05, 3.63) is 56.8 Å². The Hall–Kier alpha value is -2.77. The quantitative estimate of drug-likeness (QED) is 0.148. The summed E-state index contributed by atoms with van der Waals surface area (Å²) in [5.74, 6) is -1.14. The van der Waals surface area contributed by atoms with Crippen LogP contribution in [0.4, 0.5) is 5.69 Å². The largest absolute Gasteiger partial charge is 0.545 e. The number of allylic oxidation sites excluding steroid dienone is 1. The Balaban J connectivity index is 3.70. The van der Waals surface area contributed by atoms with Gasteiger partial charge in [-0.1, -0.05) is 39.0 Å². The van der Waals surface area contributed by atoms with Gasteiger partial charge in [-0.3, -0.25) is 10.1 Å². The maximum absolute atomic E-state index is 11.6. The molecular weight excluding hydrogens is 354 g/mol. The van der Waals surface area contributed by atoms with Crippen molar-refractivity contribution in [1.29, 1.82) is 0 Å². The second-order valence-corrected chi connectivity index (χ2v) is 8.90. The van der Waals surface area contributed by atoms with Gasteiger partial charge in [-0.15, -0.1) is 0 Å². The van der Waals surface area contributed by atoms with Crippen molar-refractivity contribution < 1.29 is 24.0 Å². The number of carbonyl (C=O) groups is 1. The average molecular weight is 376 g/mol. The molecule has 0 spiro atoms. The summed E-state index contributed by atoms with van der Waals surface area (Å²) in [6.07, 6.45) is 0.0197. The van der Waals surface area contributed by atoms with Crippen molar-refractivity contribution in [2.45, 2.75) is 40.3 Å². The smallest absolute Gasteiger partial charge is 0.419 e. The van der Waals surface area contributed by atoms with Gasteiger partial charge in [0.2, 0.25) is 0 Å². The van der Waals surface area contributed by atoms with Crippen LogP contribution in [0.15, 0.2) is 35.6 Å². The lowest BCUT2D eigenvalue weighted by Gasteiger charge is -2.24. The van der Waals surface area contributed by atoms with E-state index in [4.69, 9.17) is 4.43 Å². The zero-order valence-electron chi connectivity index (χ0n) is 15.4. The minimum atomic E-state index is -1.40. The highest BCUT2D eigenvalue weighted by molar-refractivity contribution is 6.49. The summed E-state index contributed by atoms with van der Waals surface area (Å²) in [6.45, 7) is 9.01. The lowest BCUT2D eigenvalue weighted by atomic mass is 9.81. The zero-order chi connectivity index (χ0) is 20.1. The SMILES string of the molecule is C[Si](C)O/C(Cc1ccccc1[N+](=O)[O-])=C(\C(=[N+]=[N-])C(=O)O)C(C)(C)C. The normalized spacial score (nSPS) is 12.2. The molecule has 0 aliphatic rings. The fourth-order valence-corrected chi connectivity index (χ4v) is 3.21. The predicted octanol–water partition coefficient (Wildman–Crippen LogP) is 3.46. The molecule has 139 valence electrons. The zero-order valence-corrected chi connectivity index (χ0v) is 16.4. The second kappa shape index (κ2) is 8.55. The molecule has 0 aliphatic carbocycles. The third-order valence-electron chi connectivity index (χ3n) is 3.43. The monoisotopic (exact) mass is 376 g/mol. The van der Waals surface area contributed by atoms with E-state index in [1.165, 1.54) is 6.07 Å². The molecule has 0 aliphatic heterocycles. The Kier molecular flexibility index (Phi) is 6.99. The molecule has 0 heterocycles. The molecule has 0 aromatic heterocycles. The van der Waals surface area contributed by atoms with Crippen molar-refractivity contribution in [2.24, 2.45) is 5.41 Å². The molecule has 1 aromatic carbocycles. The molecule has 0 fully saturated rings. The van der Waals surface area contributed by atoms with Gasteiger partial charge in [-0.2, -0.15) is 4.79 Å². The maximum atomic E-state index is 11.6. The highest BCUT2D eigenvalue weighted by Gasteiger charge is 2.38. The van der Waals surface area contributed by atoms with E-state index in [0.29, 0.717) is 5.56 Å². The summed E-state index contributed by atoms with van der Waals surface area (Å²) in [7, 11) is -1.31. The molecule has 0 saturated heterocycles. The first-order valence-electron chi connectivity index (χ1n) is 7.88. The summed E-state index contributed by atoms with van der Waals surface area (Å²) in [5.41, 5.74) is 8.49. The van der Waals surface area contributed by atoms with Crippen LogP contribution in [0.1, 0.15) is 26.3 Å². The van der Waals surface area contributed by atoms with E-state index in [1.54, 1.807) is 39.0 Å². The number of nitro benzene ring substituents is 1. The van der Waals surface area contributed by atoms with E-state index in [2.05, 4.69) is 4.79 Å². The maximum Gasteiger partial charge on any atom is 0.419 e. The molecule has 0 saturated carbocycles. The third kappa shape index (κ3) is 5.37. The van der Waals surface area contributed by atoms with Gasteiger partial charge < -0.3 is 15.1 Å². The van der Waals surface area contributed by atoms with Gasteiger partial charge in [0.15, 0.2) is 0 Å². The molecular formula is C17H22N3O5Si. The van der Waals surface area contributed by atoms with Gasteiger partial charge in [-0.25, -0.2) is 4.79 Å². The van der Waals surface area contributed by atoms with Gasteiger partial charge >= 0.3 is 11.7 Å². The average Bonchev–Trinajstić information content (AvgIpc) is 2.50. The lowest BCUT2D eigenvalue weighted by molar-refractivity contribution is -0.385. The Labute approximate surface area is 153 Å². The van der Waals surface area contributed by atoms with Crippen LogP contribution in [-0.2, 0) is 15.6 Å². The van der Waals surface area contributed by atoms with Crippen LogP contribution in [0, 0.1) is 15.5 Å². The summed E-state index contributed by atoms with van der Waals surface area (Å²) in [4.78, 5) is 25.3. The molecule has 1 rings (SSSR count). The highest BCUT2D eigenvalue weighted by atomic mass is 28.3. The fraction of sp³-hybridized carbons (Fsp3) is 0.412. The first kappa shape index (κ1) is 21.3. The van der Waals surface area contributed by atoms with E-state index in [-0.39, 0.29) is 23.4 Å². The molecule has 1 N–H and O–H groups in total. The molecule has 1 aromatic rings. The molecule has 0 unspecified atom stereocenters. The Morgan fingerprint density at radius 1 is 1.35 bits per heavy atom. The molecule has 1 radical (unpaired) electrons. The van der Waals surface area contributed by atoms with Crippen LogP contribution in [-0.4, -0.2) is 35.5 Å². The Morgan fingerprint density at radius 3 is 2.35 bits per heavy atom. The van der Waals surface area contributed by atoms with E-state index in [9.17, 15) is 25.5 Å².